The number of hydrogen-bond acceptors (Lipinski definition) is 2. The van der Waals surface area contributed by atoms with Crippen molar-refractivity contribution >= 4 is 23.2 Å². The van der Waals surface area contributed by atoms with Gasteiger partial charge in [-0.3, -0.25) is 4.79 Å². The van der Waals surface area contributed by atoms with Crippen molar-refractivity contribution in [3.8, 4) is 0 Å². The second kappa shape index (κ2) is 6.10. The van der Waals surface area contributed by atoms with Crippen LogP contribution in [0.25, 0.3) is 0 Å². The highest BCUT2D eigenvalue weighted by atomic mass is 35.5. The van der Waals surface area contributed by atoms with Crippen molar-refractivity contribution in [2.45, 2.75) is 19.3 Å². The topological polar surface area (TPSA) is 41.5 Å². The standard InChI is InChI=1S/C17H15ClN2O/c18-15-10-4-3-9-14(15)17(21)20-19-16-11-5-7-12-6-1-2-8-13(12)16/h1-4,6,8-10H,5,7,11H2,(H,20,21). The fraction of sp³-hybridized carbons (Fsp3) is 0.176. The molecule has 1 N–H and O–H groups in total. The normalized spacial score (nSPS) is 15.6. The molecule has 21 heavy (non-hydrogen) atoms. The van der Waals surface area contributed by atoms with E-state index in [2.05, 4.69) is 22.7 Å². The number of rotatable bonds is 2. The van der Waals surface area contributed by atoms with E-state index in [0.717, 1.165) is 30.5 Å². The molecule has 0 heterocycles. The van der Waals surface area contributed by atoms with Crippen LogP contribution in [0.2, 0.25) is 5.02 Å². The van der Waals surface area contributed by atoms with Crippen LogP contribution in [0.3, 0.4) is 0 Å². The van der Waals surface area contributed by atoms with Gasteiger partial charge in [-0.15, -0.1) is 0 Å². The molecule has 0 aliphatic heterocycles. The second-order valence-corrected chi connectivity index (χ2v) is 5.40. The van der Waals surface area contributed by atoms with Crippen molar-refractivity contribution in [1.29, 1.82) is 0 Å². The number of aryl methyl sites for hydroxylation is 1. The number of benzene rings is 2. The molecule has 0 fully saturated rings. The third-order valence-electron chi connectivity index (χ3n) is 3.60. The quantitative estimate of drug-likeness (QED) is 0.842. The summed E-state index contributed by atoms with van der Waals surface area (Å²) in [5.74, 6) is -0.281. The zero-order chi connectivity index (χ0) is 14.7. The van der Waals surface area contributed by atoms with Crippen LogP contribution in [0, 0.1) is 0 Å². The van der Waals surface area contributed by atoms with Crippen molar-refractivity contribution in [2.24, 2.45) is 5.10 Å². The van der Waals surface area contributed by atoms with E-state index >= 15 is 0 Å². The number of amides is 1. The Morgan fingerprint density at radius 1 is 1.05 bits per heavy atom. The number of hydrogen-bond donors (Lipinski definition) is 1. The Morgan fingerprint density at radius 3 is 2.67 bits per heavy atom. The third kappa shape index (κ3) is 2.98. The lowest BCUT2D eigenvalue weighted by Crippen LogP contribution is -2.22. The fourth-order valence-corrected chi connectivity index (χ4v) is 2.76. The molecule has 1 amide bonds. The van der Waals surface area contributed by atoms with Gasteiger partial charge in [0.1, 0.15) is 0 Å². The van der Waals surface area contributed by atoms with E-state index in [9.17, 15) is 4.79 Å². The van der Waals surface area contributed by atoms with Crippen LogP contribution >= 0.6 is 11.6 Å². The Morgan fingerprint density at radius 2 is 1.81 bits per heavy atom. The van der Waals surface area contributed by atoms with E-state index in [1.54, 1.807) is 24.3 Å². The average molecular weight is 299 g/mol. The molecule has 1 aliphatic rings. The molecule has 0 aromatic heterocycles. The molecule has 3 rings (SSSR count). The first-order valence-corrected chi connectivity index (χ1v) is 7.33. The van der Waals surface area contributed by atoms with Crippen LogP contribution in [0.4, 0.5) is 0 Å². The monoisotopic (exact) mass is 298 g/mol. The predicted molar refractivity (Wildman–Crippen MR) is 84.8 cm³/mol. The third-order valence-corrected chi connectivity index (χ3v) is 3.93. The molecule has 0 saturated heterocycles. The molecule has 2 aromatic rings. The van der Waals surface area contributed by atoms with Gasteiger partial charge in [0.25, 0.3) is 5.91 Å². The van der Waals surface area contributed by atoms with Crippen LogP contribution in [0.5, 0.6) is 0 Å². The molecule has 106 valence electrons. The molecule has 1 aliphatic carbocycles. The predicted octanol–water partition coefficient (Wildman–Crippen LogP) is 3.81. The highest BCUT2D eigenvalue weighted by molar-refractivity contribution is 6.33. The first-order chi connectivity index (χ1) is 10.3. The largest absolute Gasteiger partial charge is 0.272 e. The van der Waals surface area contributed by atoms with Crippen molar-refractivity contribution in [3.63, 3.8) is 0 Å². The molecule has 2 aromatic carbocycles. The molecular formula is C17H15ClN2O. The Bertz CT molecular complexity index is 709. The SMILES string of the molecule is O=C(NN=C1CCCc2ccccc21)c1ccccc1Cl. The average Bonchev–Trinajstić information content (AvgIpc) is 2.53. The molecule has 0 unspecified atom stereocenters. The summed E-state index contributed by atoms with van der Waals surface area (Å²) in [5.41, 5.74) is 6.40. The second-order valence-electron chi connectivity index (χ2n) is 4.99. The van der Waals surface area contributed by atoms with Gasteiger partial charge in [-0.1, -0.05) is 48.0 Å². The molecule has 3 nitrogen and oxygen atoms in total. The highest BCUT2D eigenvalue weighted by Crippen LogP contribution is 2.21. The number of fused-ring (bicyclic) bond motifs is 1. The zero-order valence-electron chi connectivity index (χ0n) is 11.5. The Kier molecular flexibility index (Phi) is 4.02. The van der Waals surface area contributed by atoms with Gasteiger partial charge in [0, 0.05) is 5.56 Å². The first kappa shape index (κ1) is 13.8. The number of hydrazone groups is 1. The van der Waals surface area contributed by atoms with E-state index in [4.69, 9.17) is 11.6 Å². The first-order valence-electron chi connectivity index (χ1n) is 6.95. The van der Waals surface area contributed by atoms with Crippen LogP contribution in [0.1, 0.15) is 34.3 Å². The zero-order valence-corrected chi connectivity index (χ0v) is 12.2. The van der Waals surface area contributed by atoms with Gasteiger partial charge in [0.2, 0.25) is 0 Å². The van der Waals surface area contributed by atoms with Crippen LogP contribution in [0.15, 0.2) is 53.6 Å². The smallest absolute Gasteiger partial charge is 0.267 e. The van der Waals surface area contributed by atoms with Crippen LogP contribution in [-0.2, 0) is 6.42 Å². The Hall–Kier alpha value is -2.13. The van der Waals surface area contributed by atoms with E-state index in [1.165, 1.54) is 5.56 Å². The van der Waals surface area contributed by atoms with Gasteiger partial charge >= 0.3 is 0 Å². The Balaban J connectivity index is 1.82. The molecule has 0 saturated carbocycles. The molecule has 4 heteroatoms. The summed E-state index contributed by atoms with van der Waals surface area (Å²) >= 11 is 6.01. The molecule has 0 atom stereocenters. The van der Waals surface area contributed by atoms with E-state index < -0.39 is 0 Å². The van der Waals surface area contributed by atoms with Crippen molar-refractivity contribution in [1.82, 2.24) is 5.43 Å². The summed E-state index contributed by atoms with van der Waals surface area (Å²) in [7, 11) is 0. The van der Waals surface area contributed by atoms with Gasteiger partial charge in [-0.25, -0.2) is 5.43 Å². The molecule has 0 spiro atoms. The van der Waals surface area contributed by atoms with Gasteiger partial charge in [0.15, 0.2) is 0 Å². The van der Waals surface area contributed by atoms with Crippen molar-refractivity contribution < 1.29 is 4.79 Å². The van der Waals surface area contributed by atoms with Crippen LogP contribution in [-0.4, -0.2) is 11.6 Å². The maximum absolute atomic E-state index is 12.1. The summed E-state index contributed by atoms with van der Waals surface area (Å²) in [5, 5.41) is 4.73. The number of nitrogens with one attached hydrogen (secondary N) is 1. The summed E-state index contributed by atoms with van der Waals surface area (Å²) in [6.07, 6.45) is 2.99. The van der Waals surface area contributed by atoms with Crippen molar-refractivity contribution in [2.75, 3.05) is 0 Å². The number of nitrogens with zero attached hydrogens (tertiary/aromatic N) is 1. The van der Waals surface area contributed by atoms with Gasteiger partial charge in [-0.2, -0.15) is 5.10 Å². The Labute approximate surface area is 128 Å². The van der Waals surface area contributed by atoms with Crippen LogP contribution < -0.4 is 5.43 Å². The summed E-state index contributed by atoms with van der Waals surface area (Å²) in [6, 6.07) is 15.1. The lowest BCUT2D eigenvalue weighted by molar-refractivity contribution is 0.0955. The van der Waals surface area contributed by atoms with Gasteiger partial charge < -0.3 is 0 Å². The minimum Gasteiger partial charge on any atom is -0.267 e. The maximum Gasteiger partial charge on any atom is 0.272 e. The minimum absolute atomic E-state index is 0.281. The lowest BCUT2D eigenvalue weighted by atomic mass is 9.90. The number of carbonyl (C=O) groups excluding carboxylic acids is 1. The minimum atomic E-state index is -0.281. The number of carbonyl (C=O) groups is 1. The van der Waals surface area contributed by atoms with Crippen molar-refractivity contribution in [3.05, 3.63) is 70.2 Å². The molecular weight excluding hydrogens is 284 g/mol. The summed E-state index contributed by atoms with van der Waals surface area (Å²) in [4.78, 5) is 12.1. The molecule has 0 radical (unpaired) electrons. The summed E-state index contributed by atoms with van der Waals surface area (Å²) in [6.45, 7) is 0. The van der Waals surface area contributed by atoms with Gasteiger partial charge in [-0.05, 0) is 37.0 Å². The number of halogens is 1. The van der Waals surface area contributed by atoms with E-state index in [-0.39, 0.29) is 5.91 Å². The maximum atomic E-state index is 12.1. The molecule has 0 bridgehead atoms. The lowest BCUT2D eigenvalue weighted by Gasteiger charge is -2.17. The fourth-order valence-electron chi connectivity index (χ4n) is 2.54. The highest BCUT2D eigenvalue weighted by Gasteiger charge is 2.15. The summed E-state index contributed by atoms with van der Waals surface area (Å²) < 4.78 is 0. The van der Waals surface area contributed by atoms with Gasteiger partial charge in [0.05, 0.1) is 16.3 Å². The van der Waals surface area contributed by atoms with E-state index in [0.29, 0.717) is 10.6 Å². The van der Waals surface area contributed by atoms with E-state index in [1.807, 2.05) is 12.1 Å².